The van der Waals surface area contributed by atoms with Crippen LogP contribution in [-0.4, -0.2) is 13.1 Å². The lowest BCUT2D eigenvalue weighted by molar-refractivity contribution is 1.42. The maximum absolute atomic E-state index is 4.48. The number of benzene rings is 1. The van der Waals surface area contributed by atoms with Gasteiger partial charge < -0.3 is 0 Å². The van der Waals surface area contributed by atoms with Gasteiger partial charge in [0.15, 0.2) is 0 Å². The van der Waals surface area contributed by atoms with E-state index < -0.39 is 8.07 Å². The van der Waals surface area contributed by atoms with Crippen molar-refractivity contribution in [3.8, 4) is 0 Å². The van der Waals surface area contributed by atoms with E-state index >= 15 is 0 Å². The third-order valence-corrected chi connectivity index (χ3v) is 4.46. The monoisotopic (exact) mass is 201 g/mol. The Balaban J connectivity index is 2.78. The van der Waals surface area contributed by atoms with Crippen molar-refractivity contribution in [1.29, 1.82) is 0 Å². The van der Waals surface area contributed by atoms with Crippen LogP contribution in [0.15, 0.2) is 36.5 Å². The topological polar surface area (TPSA) is 12.9 Å². The van der Waals surface area contributed by atoms with E-state index in [1.807, 2.05) is 12.3 Å². The highest BCUT2D eigenvalue weighted by Crippen LogP contribution is 2.12. The van der Waals surface area contributed by atoms with Crippen molar-refractivity contribution in [2.24, 2.45) is 0 Å². The highest BCUT2D eigenvalue weighted by Gasteiger charge is 2.19. The highest BCUT2D eigenvalue weighted by molar-refractivity contribution is 6.90. The Bertz CT molecular complexity index is 452. The van der Waals surface area contributed by atoms with E-state index in [2.05, 4.69) is 48.9 Å². The predicted molar refractivity (Wildman–Crippen MR) is 64.7 cm³/mol. The number of pyridine rings is 1. The molecule has 1 aromatic carbocycles. The van der Waals surface area contributed by atoms with Crippen LogP contribution in [0.1, 0.15) is 0 Å². The fraction of sp³-hybridized carbons (Fsp3) is 0.250. The van der Waals surface area contributed by atoms with Crippen molar-refractivity contribution in [3.05, 3.63) is 36.5 Å². The Morgan fingerprint density at radius 2 is 1.71 bits per heavy atom. The largest absolute Gasteiger partial charge is 0.256 e. The van der Waals surface area contributed by atoms with Gasteiger partial charge in [-0.1, -0.05) is 43.9 Å². The molecule has 2 heteroatoms. The van der Waals surface area contributed by atoms with Crippen molar-refractivity contribution in [2.45, 2.75) is 19.6 Å². The van der Waals surface area contributed by atoms with Gasteiger partial charge in [0, 0.05) is 11.6 Å². The van der Waals surface area contributed by atoms with E-state index in [0.29, 0.717) is 0 Å². The van der Waals surface area contributed by atoms with Gasteiger partial charge in [-0.3, -0.25) is 4.98 Å². The maximum Gasteiger partial charge on any atom is 0.0804 e. The van der Waals surface area contributed by atoms with Crippen molar-refractivity contribution < 1.29 is 0 Å². The smallest absolute Gasteiger partial charge is 0.0804 e. The van der Waals surface area contributed by atoms with Gasteiger partial charge in [0.1, 0.15) is 0 Å². The minimum absolute atomic E-state index is 1.19. The number of aromatic nitrogens is 1. The van der Waals surface area contributed by atoms with Crippen LogP contribution in [0.4, 0.5) is 0 Å². The van der Waals surface area contributed by atoms with Gasteiger partial charge in [-0.2, -0.15) is 0 Å². The van der Waals surface area contributed by atoms with Gasteiger partial charge in [0.2, 0.25) is 0 Å². The minimum atomic E-state index is -1.26. The quantitative estimate of drug-likeness (QED) is 0.647. The predicted octanol–water partition coefficient (Wildman–Crippen LogP) is 2.78. The van der Waals surface area contributed by atoms with Crippen molar-refractivity contribution >= 4 is 24.2 Å². The molecule has 2 rings (SSSR count). The van der Waals surface area contributed by atoms with Crippen LogP contribution in [0.3, 0.4) is 0 Å². The van der Waals surface area contributed by atoms with Crippen LogP contribution >= 0.6 is 0 Å². The Labute approximate surface area is 85.8 Å². The van der Waals surface area contributed by atoms with Crippen molar-refractivity contribution in [2.75, 3.05) is 0 Å². The Morgan fingerprint density at radius 3 is 2.43 bits per heavy atom. The van der Waals surface area contributed by atoms with E-state index in [4.69, 9.17) is 0 Å². The molecule has 0 N–H and O–H groups in total. The van der Waals surface area contributed by atoms with Gasteiger partial charge in [0.25, 0.3) is 0 Å². The van der Waals surface area contributed by atoms with Crippen LogP contribution < -0.4 is 5.19 Å². The SMILES string of the molecule is C[Si](C)(C)c1cccc2cccnc12. The van der Waals surface area contributed by atoms with Gasteiger partial charge >= 0.3 is 0 Å². The number of fused-ring (bicyclic) bond motifs is 1. The van der Waals surface area contributed by atoms with E-state index in [1.54, 1.807) is 0 Å². The average molecular weight is 201 g/mol. The number of rotatable bonds is 1. The molecule has 0 radical (unpaired) electrons. The van der Waals surface area contributed by atoms with Gasteiger partial charge in [-0.15, -0.1) is 0 Å². The van der Waals surface area contributed by atoms with Crippen LogP contribution in [0.5, 0.6) is 0 Å². The van der Waals surface area contributed by atoms with Crippen LogP contribution in [0, 0.1) is 0 Å². The van der Waals surface area contributed by atoms with E-state index in [9.17, 15) is 0 Å². The molecular formula is C12H15NSi. The lowest BCUT2D eigenvalue weighted by Gasteiger charge is -2.18. The van der Waals surface area contributed by atoms with Crippen molar-refractivity contribution in [1.82, 2.24) is 4.98 Å². The molecule has 0 aliphatic heterocycles. The zero-order valence-electron chi connectivity index (χ0n) is 8.91. The summed E-state index contributed by atoms with van der Waals surface area (Å²) in [6, 6.07) is 10.6. The molecule has 0 aliphatic carbocycles. The fourth-order valence-electron chi connectivity index (χ4n) is 1.71. The minimum Gasteiger partial charge on any atom is -0.256 e. The molecule has 0 saturated heterocycles. The average Bonchev–Trinajstić information content (AvgIpc) is 2.15. The second-order valence-corrected chi connectivity index (χ2v) is 9.67. The third kappa shape index (κ3) is 1.57. The molecule has 1 nitrogen and oxygen atoms in total. The molecule has 0 spiro atoms. The molecule has 0 unspecified atom stereocenters. The summed E-state index contributed by atoms with van der Waals surface area (Å²) in [5.74, 6) is 0. The molecular weight excluding hydrogens is 186 g/mol. The molecule has 1 aromatic heterocycles. The Kier molecular flexibility index (Phi) is 2.15. The summed E-state index contributed by atoms with van der Waals surface area (Å²) in [4.78, 5) is 4.48. The highest BCUT2D eigenvalue weighted by atomic mass is 28.3. The molecule has 0 saturated carbocycles. The number of nitrogens with zero attached hydrogens (tertiary/aromatic N) is 1. The van der Waals surface area contributed by atoms with Crippen LogP contribution in [0.2, 0.25) is 19.6 Å². The first-order valence-corrected chi connectivity index (χ1v) is 8.43. The molecule has 0 amide bonds. The van der Waals surface area contributed by atoms with Crippen molar-refractivity contribution in [3.63, 3.8) is 0 Å². The second-order valence-electron chi connectivity index (χ2n) is 4.63. The first kappa shape index (κ1) is 9.40. The normalized spacial score (nSPS) is 11.9. The molecule has 1 heterocycles. The van der Waals surface area contributed by atoms with Gasteiger partial charge in [-0.05, 0) is 11.3 Å². The zero-order chi connectivity index (χ0) is 10.2. The summed E-state index contributed by atoms with van der Waals surface area (Å²) in [6.07, 6.45) is 1.88. The molecule has 72 valence electrons. The number of para-hydroxylation sites is 1. The molecule has 0 aliphatic rings. The summed E-state index contributed by atoms with van der Waals surface area (Å²) >= 11 is 0. The number of hydrogen-bond acceptors (Lipinski definition) is 1. The first-order chi connectivity index (χ1) is 6.59. The lowest BCUT2D eigenvalue weighted by Crippen LogP contribution is -2.38. The standard InChI is InChI=1S/C12H15NSi/c1-14(2,3)11-8-4-6-10-7-5-9-13-12(10)11/h4-9H,1-3H3. The van der Waals surface area contributed by atoms with E-state index in [1.165, 1.54) is 16.1 Å². The molecule has 0 bridgehead atoms. The van der Waals surface area contributed by atoms with E-state index in [-0.39, 0.29) is 0 Å². The first-order valence-electron chi connectivity index (χ1n) is 4.93. The van der Waals surface area contributed by atoms with Crippen LogP contribution in [0.25, 0.3) is 10.9 Å². The summed E-state index contributed by atoms with van der Waals surface area (Å²) < 4.78 is 0. The maximum atomic E-state index is 4.48. The Hall–Kier alpha value is -1.15. The second kappa shape index (κ2) is 3.21. The fourth-order valence-corrected chi connectivity index (χ4v) is 3.22. The molecule has 2 aromatic rings. The summed E-state index contributed by atoms with van der Waals surface area (Å²) in [5.41, 5.74) is 1.19. The van der Waals surface area contributed by atoms with Crippen LogP contribution in [-0.2, 0) is 0 Å². The van der Waals surface area contributed by atoms with Gasteiger partial charge in [-0.25, -0.2) is 0 Å². The van der Waals surface area contributed by atoms with E-state index in [0.717, 1.165) is 0 Å². The number of hydrogen-bond donors (Lipinski definition) is 0. The third-order valence-electron chi connectivity index (χ3n) is 2.44. The summed E-state index contributed by atoms with van der Waals surface area (Å²) in [7, 11) is -1.26. The summed E-state index contributed by atoms with van der Waals surface area (Å²) in [6.45, 7) is 7.07. The lowest BCUT2D eigenvalue weighted by atomic mass is 10.2. The molecule has 0 atom stereocenters. The molecule has 14 heavy (non-hydrogen) atoms. The Morgan fingerprint density at radius 1 is 1.00 bits per heavy atom. The zero-order valence-corrected chi connectivity index (χ0v) is 9.91. The summed E-state index contributed by atoms with van der Waals surface area (Å²) in [5, 5.41) is 2.71. The molecule has 0 fully saturated rings. The van der Waals surface area contributed by atoms with Gasteiger partial charge in [0.05, 0.1) is 13.6 Å².